The van der Waals surface area contributed by atoms with Gasteiger partial charge in [0.15, 0.2) is 5.78 Å². The Morgan fingerprint density at radius 3 is 2.06 bits per heavy atom. The number of nitrogens with two attached hydrogens (primary N) is 2. The lowest BCUT2D eigenvalue weighted by atomic mass is 9.92. The van der Waals surface area contributed by atoms with E-state index < -0.39 is 64.8 Å². The topological polar surface area (TPSA) is 162 Å². The molecule has 0 aromatic carbocycles. The number of carbonyl (C=O) groups excluding carboxylic acids is 5. The van der Waals surface area contributed by atoms with Gasteiger partial charge in [-0.1, -0.05) is 0 Å². The van der Waals surface area contributed by atoms with Crippen LogP contribution in [0.5, 0.6) is 0 Å². The predicted molar refractivity (Wildman–Crippen MR) is 120 cm³/mol. The van der Waals surface area contributed by atoms with Gasteiger partial charge in [-0.05, 0) is 61.3 Å². The molecule has 0 saturated carbocycles. The number of ether oxygens (including phenoxy) is 2. The van der Waals surface area contributed by atoms with E-state index in [1.54, 1.807) is 20.8 Å². The second-order valence-electron chi connectivity index (χ2n) is 10.3. The zero-order valence-corrected chi connectivity index (χ0v) is 20.9. The van der Waals surface area contributed by atoms with Crippen LogP contribution in [0, 0.1) is 0 Å². The molecule has 1 unspecified atom stereocenters. The van der Waals surface area contributed by atoms with Gasteiger partial charge in [-0.2, -0.15) is 0 Å². The molecule has 11 nitrogen and oxygen atoms in total. The molecule has 33 heavy (non-hydrogen) atoms. The molecule has 0 aromatic rings. The number of ketones is 1. The monoisotopic (exact) mass is 470 g/mol. The molecular formula is C22H38N4O7. The second-order valence-corrected chi connectivity index (χ2v) is 10.3. The summed E-state index contributed by atoms with van der Waals surface area (Å²) < 4.78 is 10.0. The Bertz CT molecular complexity index is 796. The highest BCUT2D eigenvalue weighted by atomic mass is 16.6. The molecule has 1 fully saturated rings. The second kappa shape index (κ2) is 10.2. The molecule has 188 valence electrons. The molecule has 1 saturated heterocycles. The maximum absolute atomic E-state index is 13.5. The first-order valence-corrected chi connectivity index (χ1v) is 10.9. The van der Waals surface area contributed by atoms with Crippen LogP contribution < -0.4 is 11.5 Å². The van der Waals surface area contributed by atoms with Crippen LogP contribution in [-0.4, -0.2) is 81.9 Å². The first-order chi connectivity index (χ1) is 14.8. The molecule has 0 bridgehead atoms. The Morgan fingerprint density at radius 1 is 1.06 bits per heavy atom. The number of imide groups is 1. The van der Waals surface area contributed by atoms with Crippen molar-refractivity contribution in [3.05, 3.63) is 0 Å². The Kier molecular flexibility index (Phi) is 8.78. The number of methoxy groups -OCH3 is 1. The minimum absolute atomic E-state index is 0.269. The standard InChI is InChI=1S/C22H38N4O7/c1-13(15(27)12-22(7,24)18(30)32-8)26(17(29)21(5,6)23)16(28)14-10-9-11-25(14)19(31)33-20(2,3)4/h13-14H,9-12,23-24H2,1-8H3/t13-,14-,22?/m0/s1. The molecule has 0 aromatic heterocycles. The van der Waals surface area contributed by atoms with Gasteiger partial charge in [0.2, 0.25) is 5.91 Å². The first kappa shape index (κ1) is 28.5. The fourth-order valence-electron chi connectivity index (χ4n) is 3.46. The number of nitrogens with zero attached hydrogens (tertiary/aromatic N) is 2. The molecule has 0 radical (unpaired) electrons. The average molecular weight is 471 g/mol. The molecule has 1 heterocycles. The molecule has 1 aliphatic heterocycles. The van der Waals surface area contributed by atoms with Crippen molar-refractivity contribution < 1.29 is 33.4 Å². The third kappa shape index (κ3) is 7.23. The highest BCUT2D eigenvalue weighted by molar-refractivity contribution is 6.06. The van der Waals surface area contributed by atoms with Gasteiger partial charge in [-0.3, -0.25) is 29.0 Å². The summed E-state index contributed by atoms with van der Waals surface area (Å²) in [6.45, 7) is 10.9. The summed E-state index contributed by atoms with van der Waals surface area (Å²) in [5.74, 6) is -2.96. The van der Waals surface area contributed by atoms with E-state index in [-0.39, 0.29) is 6.54 Å². The van der Waals surface area contributed by atoms with Crippen molar-refractivity contribution in [3.63, 3.8) is 0 Å². The summed E-state index contributed by atoms with van der Waals surface area (Å²) in [5, 5.41) is 0. The zero-order valence-electron chi connectivity index (χ0n) is 20.9. The van der Waals surface area contributed by atoms with Crippen molar-refractivity contribution >= 4 is 29.7 Å². The molecule has 0 aliphatic carbocycles. The zero-order chi connectivity index (χ0) is 25.9. The van der Waals surface area contributed by atoms with E-state index in [0.717, 1.165) is 12.0 Å². The van der Waals surface area contributed by atoms with Gasteiger partial charge in [0, 0.05) is 13.0 Å². The highest BCUT2D eigenvalue weighted by Crippen LogP contribution is 2.25. The third-order valence-electron chi connectivity index (χ3n) is 5.22. The number of esters is 1. The molecular weight excluding hydrogens is 432 g/mol. The van der Waals surface area contributed by atoms with Crippen LogP contribution in [0.3, 0.4) is 0 Å². The lowest BCUT2D eigenvalue weighted by Gasteiger charge is -2.36. The van der Waals surface area contributed by atoms with Crippen molar-refractivity contribution in [2.45, 2.75) is 96.5 Å². The van der Waals surface area contributed by atoms with Gasteiger partial charge < -0.3 is 20.9 Å². The van der Waals surface area contributed by atoms with Crippen LogP contribution >= 0.6 is 0 Å². The van der Waals surface area contributed by atoms with E-state index in [1.165, 1.54) is 32.6 Å². The van der Waals surface area contributed by atoms with Crippen LogP contribution in [0.1, 0.15) is 67.7 Å². The van der Waals surface area contributed by atoms with Crippen LogP contribution in [0.2, 0.25) is 0 Å². The minimum atomic E-state index is -1.65. The van der Waals surface area contributed by atoms with Gasteiger partial charge in [0.1, 0.15) is 17.2 Å². The molecule has 0 spiro atoms. The number of carbonyl (C=O) groups is 5. The molecule has 1 aliphatic rings. The molecule has 11 heteroatoms. The molecule has 3 amide bonds. The lowest BCUT2D eigenvalue weighted by Crippen LogP contribution is -2.62. The van der Waals surface area contributed by atoms with Crippen molar-refractivity contribution in [3.8, 4) is 0 Å². The number of likely N-dealkylation sites (tertiary alicyclic amines) is 1. The Morgan fingerprint density at radius 2 is 1.61 bits per heavy atom. The summed E-state index contributed by atoms with van der Waals surface area (Å²) in [4.78, 5) is 66.3. The van der Waals surface area contributed by atoms with Crippen molar-refractivity contribution in [1.82, 2.24) is 9.80 Å². The fraction of sp³-hybridized carbons (Fsp3) is 0.773. The third-order valence-corrected chi connectivity index (χ3v) is 5.22. The van der Waals surface area contributed by atoms with E-state index in [9.17, 15) is 24.0 Å². The Labute approximate surface area is 195 Å². The van der Waals surface area contributed by atoms with E-state index in [4.69, 9.17) is 16.2 Å². The Hall–Kier alpha value is -2.53. The summed E-state index contributed by atoms with van der Waals surface area (Å²) >= 11 is 0. The fourth-order valence-corrected chi connectivity index (χ4v) is 3.46. The largest absolute Gasteiger partial charge is 0.468 e. The van der Waals surface area contributed by atoms with Gasteiger partial charge in [0.05, 0.1) is 18.7 Å². The number of hydrogen-bond acceptors (Lipinski definition) is 9. The van der Waals surface area contributed by atoms with Crippen molar-refractivity contribution in [2.24, 2.45) is 11.5 Å². The maximum Gasteiger partial charge on any atom is 0.410 e. The van der Waals surface area contributed by atoms with Gasteiger partial charge >= 0.3 is 12.1 Å². The van der Waals surface area contributed by atoms with Crippen LogP contribution in [-0.2, 0) is 28.7 Å². The van der Waals surface area contributed by atoms with Gasteiger partial charge in [0.25, 0.3) is 5.91 Å². The lowest BCUT2D eigenvalue weighted by molar-refractivity contribution is -0.156. The van der Waals surface area contributed by atoms with Gasteiger partial charge in [-0.25, -0.2) is 4.79 Å². The smallest absolute Gasteiger partial charge is 0.410 e. The van der Waals surface area contributed by atoms with E-state index >= 15 is 0 Å². The number of Topliss-reactive ketones (excluding diaryl/α,β-unsaturated/α-hetero) is 1. The summed E-state index contributed by atoms with van der Waals surface area (Å²) in [6, 6.07) is -2.27. The van der Waals surface area contributed by atoms with Crippen molar-refractivity contribution in [2.75, 3.05) is 13.7 Å². The molecule has 3 atom stereocenters. The summed E-state index contributed by atoms with van der Waals surface area (Å²) in [7, 11) is 1.14. The normalized spacial score (nSPS) is 19.3. The number of hydrogen-bond donors (Lipinski definition) is 2. The average Bonchev–Trinajstić information content (AvgIpc) is 3.14. The Balaban J connectivity index is 3.27. The van der Waals surface area contributed by atoms with Gasteiger partial charge in [-0.15, -0.1) is 0 Å². The predicted octanol–water partition coefficient (Wildman–Crippen LogP) is 0.717. The van der Waals surface area contributed by atoms with E-state index in [2.05, 4.69) is 4.74 Å². The van der Waals surface area contributed by atoms with Crippen LogP contribution in [0.25, 0.3) is 0 Å². The molecule has 1 rings (SSSR count). The van der Waals surface area contributed by atoms with E-state index in [1.807, 2.05) is 0 Å². The maximum atomic E-state index is 13.5. The first-order valence-electron chi connectivity index (χ1n) is 10.9. The van der Waals surface area contributed by atoms with Crippen LogP contribution in [0.15, 0.2) is 0 Å². The minimum Gasteiger partial charge on any atom is -0.468 e. The van der Waals surface area contributed by atoms with Crippen molar-refractivity contribution in [1.29, 1.82) is 0 Å². The number of amides is 3. The number of rotatable bonds is 7. The van der Waals surface area contributed by atoms with E-state index in [0.29, 0.717) is 12.8 Å². The summed E-state index contributed by atoms with van der Waals surface area (Å²) in [5.41, 5.74) is 7.98. The SMILES string of the molecule is COC(=O)C(C)(N)CC(=O)[C@H](C)N(C(=O)[C@@H]1CCCN1C(=O)OC(C)(C)C)C(=O)C(C)(C)N. The highest BCUT2D eigenvalue weighted by Gasteiger charge is 2.46. The van der Waals surface area contributed by atoms with Crippen LogP contribution in [0.4, 0.5) is 4.79 Å². The molecule has 4 N–H and O–H groups in total. The summed E-state index contributed by atoms with van der Waals surface area (Å²) in [6.07, 6.45) is -0.333. The quantitative estimate of drug-likeness (QED) is 0.510.